The average Bonchev–Trinajstić information content (AvgIpc) is 3.15. The Bertz CT molecular complexity index is 854. The van der Waals surface area contributed by atoms with Crippen LogP contribution in [0.1, 0.15) is 42.3 Å². The van der Waals surface area contributed by atoms with Crippen molar-refractivity contribution in [3.8, 4) is 0 Å². The third-order valence-corrected chi connectivity index (χ3v) is 6.10. The second-order valence-corrected chi connectivity index (χ2v) is 8.26. The van der Waals surface area contributed by atoms with Gasteiger partial charge in [0.25, 0.3) is 0 Å². The van der Waals surface area contributed by atoms with Gasteiger partial charge in [-0.25, -0.2) is 9.97 Å². The van der Waals surface area contributed by atoms with Crippen molar-refractivity contribution in [1.29, 1.82) is 0 Å². The van der Waals surface area contributed by atoms with Gasteiger partial charge in [0.2, 0.25) is 5.91 Å². The number of rotatable bonds is 7. The van der Waals surface area contributed by atoms with E-state index < -0.39 is 0 Å². The smallest absolute Gasteiger partial charge is 0.223 e. The zero-order valence-corrected chi connectivity index (χ0v) is 17.9. The lowest BCUT2D eigenvalue weighted by Gasteiger charge is -2.30. The first-order valence-electron chi connectivity index (χ1n) is 10.8. The number of carbonyl (C=O) groups is 1. The van der Waals surface area contributed by atoms with E-state index in [1.54, 1.807) is 0 Å². The highest BCUT2D eigenvalue weighted by atomic mass is 16.5. The first-order chi connectivity index (χ1) is 14.6. The van der Waals surface area contributed by atoms with Gasteiger partial charge in [0.05, 0.1) is 12.2 Å². The number of hydrogen-bond donors (Lipinski definition) is 1. The van der Waals surface area contributed by atoms with Gasteiger partial charge < -0.3 is 15.0 Å². The lowest BCUT2D eigenvalue weighted by atomic mass is 10.0. The Morgan fingerprint density at radius 2 is 1.97 bits per heavy atom. The maximum atomic E-state index is 12.6. The summed E-state index contributed by atoms with van der Waals surface area (Å²) in [6.07, 6.45) is 2.59. The second kappa shape index (κ2) is 9.53. The van der Waals surface area contributed by atoms with Gasteiger partial charge in [0, 0.05) is 57.8 Å². The van der Waals surface area contributed by atoms with Crippen LogP contribution in [0.25, 0.3) is 0 Å². The molecule has 2 aromatic rings. The van der Waals surface area contributed by atoms with Crippen molar-refractivity contribution in [3.05, 3.63) is 53.5 Å². The molecule has 160 valence electrons. The molecule has 7 nitrogen and oxygen atoms in total. The monoisotopic (exact) mass is 409 g/mol. The van der Waals surface area contributed by atoms with E-state index in [0.717, 1.165) is 49.0 Å². The summed E-state index contributed by atoms with van der Waals surface area (Å²) in [5.74, 6) is 1.90. The minimum absolute atomic E-state index is 0.100. The van der Waals surface area contributed by atoms with Crippen LogP contribution in [0.5, 0.6) is 0 Å². The zero-order valence-electron chi connectivity index (χ0n) is 17.9. The Hall–Kier alpha value is -2.51. The Kier molecular flexibility index (Phi) is 6.59. The summed E-state index contributed by atoms with van der Waals surface area (Å²) in [5, 5.41) is 3.16. The highest BCUT2D eigenvalue weighted by molar-refractivity contribution is 5.79. The number of amides is 1. The summed E-state index contributed by atoms with van der Waals surface area (Å²) >= 11 is 0. The molecular formula is C23H31N5O2. The van der Waals surface area contributed by atoms with E-state index in [0.29, 0.717) is 32.1 Å². The molecule has 7 heteroatoms. The molecule has 1 atom stereocenters. The van der Waals surface area contributed by atoms with Crippen LogP contribution in [0.4, 0.5) is 5.82 Å². The van der Waals surface area contributed by atoms with Gasteiger partial charge in [-0.05, 0) is 25.5 Å². The standard InChI is InChI=1S/C23H31N5O2/c1-24-21-13-20(25-22(26-21)16-27(2)19-8-10-30-11-9-19)18-12-23(29)28(15-18)14-17-6-4-3-5-7-17/h3-7,13,18-19H,8-12,14-16H2,1-2H3,(H,24,25,26)/t18-/m1/s1. The third-order valence-electron chi connectivity index (χ3n) is 6.10. The van der Waals surface area contributed by atoms with E-state index in [-0.39, 0.29) is 11.8 Å². The van der Waals surface area contributed by atoms with Crippen LogP contribution >= 0.6 is 0 Å². The summed E-state index contributed by atoms with van der Waals surface area (Å²) in [6, 6.07) is 12.6. The quantitative estimate of drug-likeness (QED) is 0.758. The largest absolute Gasteiger partial charge is 0.381 e. The molecule has 1 aromatic carbocycles. The molecule has 2 saturated heterocycles. The molecule has 2 fully saturated rings. The van der Waals surface area contributed by atoms with E-state index >= 15 is 0 Å². The van der Waals surface area contributed by atoms with Gasteiger partial charge in [0.1, 0.15) is 11.6 Å². The minimum Gasteiger partial charge on any atom is -0.381 e. The molecule has 4 rings (SSSR count). The predicted molar refractivity (Wildman–Crippen MR) is 116 cm³/mol. The van der Waals surface area contributed by atoms with Crippen molar-refractivity contribution < 1.29 is 9.53 Å². The van der Waals surface area contributed by atoms with Gasteiger partial charge in [-0.3, -0.25) is 9.69 Å². The number of nitrogens with zero attached hydrogens (tertiary/aromatic N) is 4. The van der Waals surface area contributed by atoms with E-state index in [4.69, 9.17) is 9.72 Å². The number of anilines is 1. The summed E-state index contributed by atoms with van der Waals surface area (Å²) in [4.78, 5) is 26.4. The fraction of sp³-hybridized carbons (Fsp3) is 0.522. The first-order valence-corrected chi connectivity index (χ1v) is 10.8. The van der Waals surface area contributed by atoms with Crippen LogP contribution in [0, 0.1) is 0 Å². The molecule has 1 aromatic heterocycles. The number of benzene rings is 1. The number of ether oxygens (including phenoxy) is 1. The fourth-order valence-electron chi connectivity index (χ4n) is 4.33. The second-order valence-electron chi connectivity index (χ2n) is 8.26. The lowest BCUT2D eigenvalue weighted by molar-refractivity contribution is -0.128. The summed E-state index contributed by atoms with van der Waals surface area (Å²) in [6.45, 7) is 3.68. The van der Waals surface area contributed by atoms with Crippen molar-refractivity contribution in [2.75, 3.05) is 39.2 Å². The van der Waals surface area contributed by atoms with Gasteiger partial charge in [-0.2, -0.15) is 0 Å². The van der Waals surface area contributed by atoms with Crippen LogP contribution < -0.4 is 5.32 Å². The highest BCUT2D eigenvalue weighted by Gasteiger charge is 2.32. The first kappa shape index (κ1) is 20.8. The van der Waals surface area contributed by atoms with Crippen LogP contribution in [-0.4, -0.2) is 65.6 Å². The van der Waals surface area contributed by atoms with Gasteiger partial charge in [0.15, 0.2) is 0 Å². The molecule has 2 aliphatic rings. The fourth-order valence-corrected chi connectivity index (χ4v) is 4.33. The number of carbonyl (C=O) groups excluding carboxylic acids is 1. The van der Waals surface area contributed by atoms with E-state index in [1.165, 1.54) is 0 Å². The Balaban J connectivity index is 1.46. The highest BCUT2D eigenvalue weighted by Crippen LogP contribution is 2.29. The molecule has 3 heterocycles. The summed E-state index contributed by atoms with van der Waals surface area (Å²) in [5.41, 5.74) is 2.11. The third kappa shape index (κ3) is 4.96. The van der Waals surface area contributed by atoms with Crippen molar-refractivity contribution in [2.24, 2.45) is 0 Å². The Morgan fingerprint density at radius 1 is 1.20 bits per heavy atom. The van der Waals surface area contributed by atoms with Crippen LogP contribution in [0.3, 0.4) is 0 Å². The average molecular weight is 410 g/mol. The van der Waals surface area contributed by atoms with Crippen LogP contribution in [0.15, 0.2) is 36.4 Å². The SMILES string of the molecule is CNc1cc([C@@H]2CC(=O)N(Cc3ccccc3)C2)nc(CN(C)C2CCOCC2)n1. The topological polar surface area (TPSA) is 70.6 Å². The number of aromatic nitrogens is 2. The van der Waals surface area contributed by atoms with Crippen molar-refractivity contribution in [3.63, 3.8) is 0 Å². The van der Waals surface area contributed by atoms with Gasteiger partial charge in [-0.1, -0.05) is 30.3 Å². The summed E-state index contributed by atoms with van der Waals surface area (Å²) < 4.78 is 5.48. The minimum atomic E-state index is 0.100. The molecule has 2 aliphatic heterocycles. The van der Waals surface area contributed by atoms with Crippen molar-refractivity contribution in [1.82, 2.24) is 19.8 Å². The number of nitrogens with one attached hydrogen (secondary N) is 1. The zero-order chi connectivity index (χ0) is 20.9. The molecule has 30 heavy (non-hydrogen) atoms. The van der Waals surface area contributed by atoms with E-state index in [1.807, 2.05) is 36.2 Å². The summed E-state index contributed by atoms with van der Waals surface area (Å²) in [7, 11) is 4.01. The predicted octanol–water partition coefficient (Wildman–Crippen LogP) is 2.65. The molecule has 1 amide bonds. The molecule has 0 bridgehead atoms. The van der Waals surface area contributed by atoms with E-state index in [2.05, 4.69) is 34.4 Å². The van der Waals surface area contributed by atoms with Gasteiger partial charge in [-0.15, -0.1) is 0 Å². The normalized spacial score (nSPS) is 20.2. The van der Waals surface area contributed by atoms with Crippen LogP contribution in [0.2, 0.25) is 0 Å². The number of likely N-dealkylation sites (tertiary alicyclic amines) is 1. The maximum Gasteiger partial charge on any atom is 0.223 e. The number of hydrogen-bond acceptors (Lipinski definition) is 6. The molecule has 0 unspecified atom stereocenters. The van der Waals surface area contributed by atoms with Crippen molar-refractivity contribution in [2.45, 2.75) is 44.3 Å². The molecule has 0 spiro atoms. The molecule has 1 N–H and O–H groups in total. The molecule has 0 aliphatic carbocycles. The van der Waals surface area contributed by atoms with Crippen molar-refractivity contribution >= 4 is 11.7 Å². The maximum absolute atomic E-state index is 12.6. The van der Waals surface area contributed by atoms with E-state index in [9.17, 15) is 4.79 Å². The van der Waals surface area contributed by atoms with Gasteiger partial charge >= 0.3 is 0 Å². The molecule has 0 radical (unpaired) electrons. The lowest BCUT2D eigenvalue weighted by Crippen LogP contribution is -2.36. The Morgan fingerprint density at radius 3 is 2.70 bits per heavy atom. The molecular weight excluding hydrogens is 378 g/mol. The molecule has 0 saturated carbocycles. The van der Waals surface area contributed by atoms with Crippen LogP contribution in [-0.2, 0) is 22.6 Å². The Labute approximate surface area is 178 Å².